The number of hydrogen-bond donors (Lipinski definition) is 1. The van der Waals surface area contributed by atoms with Gasteiger partial charge in [0.25, 0.3) is 0 Å². The Bertz CT molecular complexity index is 311. The Morgan fingerprint density at radius 1 is 1.44 bits per heavy atom. The van der Waals surface area contributed by atoms with Gasteiger partial charge in [-0.1, -0.05) is 0 Å². The SMILES string of the molecule is B[C@@H]1O[C@H](COC(C)C)[C@@H]2OP(=O)(O)OC12. The molecule has 0 aromatic rings. The average molecular weight is 250 g/mol. The zero-order valence-electron chi connectivity index (χ0n) is 9.53. The molecule has 0 bridgehead atoms. The minimum Gasteiger partial charge on any atom is -0.376 e. The first-order valence-electron chi connectivity index (χ1n) is 5.36. The lowest BCUT2D eigenvalue weighted by molar-refractivity contribution is -0.0443. The average Bonchev–Trinajstić information content (AvgIpc) is 2.59. The van der Waals surface area contributed by atoms with Gasteiger partial charge in [-0.25, -0.2) is 4.57 Å². The fourth-order valence-corrected chi connectivity index (χ4v) is 3.15. The van der Waals surface area contributed by atoms with E-state index in [9.17, 15) is 9.46 Å². The lowest BCUT2D eigenvalue weighted by Gasteiger charge is -2.17. The van der Waals surface area contributed by atoms with E-state index in [2.05, 4.69) is 0 Å². The standard InChI is InChI=1S/C8H16BO6P/c1-4(2)12-3-5-6-7(8(9)13-5)15-16(10,11)14-6/h4-8H,3,9H2,1-2H3,(H,10,11)/t5-,6+,7?,8-/m1/s1. The van der Waals surface area contributed by atoms with Crippen molar-refractivity contribution in [3.63, 3.8) is 0 Å². The summed E-state index contributed by atoms with van der Waals surface area (Å²) in [4.78, 5) is 9.23. The summed E-state index contributed by atoms with van der Waals surface area (Å²) in [5.74, 6) is 0. The van der Waals surface area contributed by atoms with Gasteiger partial charge in [-0.2, -0.15) is 0 Å². The Hall–Kier alpha value is 0.0949. The molecule has 0 aromatic heterocycles. The van der Waals surface area contributed by atoms with Gasteiger partial charge >= 0.3 is 7.82 Å². The van der Waals surface area contributed by atoms with Crippen molar-refractivity contribution in [1.82, 2.24) is 0 Å². The molecule has 6 nitrogen and oxygen atoms in total. The van der Waals surface area contributed by atoms with Crippen molar-refractivity contribution < 1.29 is 28.0 Å². The summed E-state index contributed by atoms with van der Waals surface area (Å²) in [6.45, 7) is 4.17. The Morgan fingerprint density at radius 2 is 2.06 bits per heavy atom. The van der Waals surface area contributed by atoms with Crippen LogP contribution in [0.15, 0.2) is 0 Å². The monoisotopic (exact) mass is 250 g/mol. The zero-order valence-corrected chi connectivity index (χ0v) is 10.4. The van der Waals surface area contributed by atoms with Crippen LogP contribution in [0, 0.1) is 0 Å². The van der Waals surface area contributed by atoms with Gasteiger partial charge in [-0.05, 0) is 13.8 Å². The van der Waals surface area contributed by atoms with Crippen LogP contribution in [0.2, 0.25) is 0 Å². The zero-order chi connectivity index (χ0) is 11.9. The summed E-state index contributed by atoms with van der Waals surface area (Å²) in [5, 5.41) is 0. The van der Waals surface area contributed by atoms with Gasteiger partial charge in [0.05, 0.1) is 18.7 Å². The lowest BCUT2D eigenvalue weighted by Crippen LogP contribution is -2.32. The largest absolute Gasteiger partial charge is 0.473 e. The molecule has 2 rings (SSSR count). The number of ether oxygens (including phenoxy) is 2. The van der Waals surface area contributed by atoms with Crippen LogP contribution in [-0.2, 0) is 23.1 Å². The minimum atomic E-state index is -3.88. The van der Waals surface area contributed by atoms with Crippen molar-refractivity contribution in [2.75, 3.05) is 6.61 Å². The summed E-state index contributed by atoms with van der Waals surface area (Å²) in [7, 11) is -2.09. The molecule has 8 heteroatoms. The van der Waals surface area contributed by atoms with Crippen molar-refractivity contribution in [1.29, 1.82) is 0 Å². The van der Waals surface area contributed by atoms with Gasteiger partial charge in [0.2, 0.25) is 0 Å². The van der Waals surface area contributed by atoms with Gasteiger partial charge in [-0.15, -0.1) is 0 Å². The normalized spacial score (nSPS) is 47.5. The van der Waals surface area contributed by atoms with Crippen LogP contribution in [0.1, 0.15) is 13.8 Å². The summed E-state index contributed by atoms with van der Waals surface area (Å²) >= 11 is 0. The van der Waals surface area contributed by atoms with Crippen LogP contribution in [0.4, 0.5) is 0 Å². The number of phosphoric acid groups is 1. The van der Waals surface area contributed by atoms with Gasteiger partial charge in [0, 0.05) is 0 Å². The smallest absolute Gasteiger partial charge is 0.376 e. The second-order valence-electron chi connectivity index (χ2n) is 4.37. The van der Waals surface area contributed by atoms with Crippen molar-refractivity contribution in [2.45, 2.75) is 44.3 Å². The highest BCUT2D eigenvalue weighted by molar-refractivity contribution is 7.47. The third-order valence-corrected chi connectivity index (χ3v) is 3.67. The fraction of sp³-hybridized carbons (Fsp3) is 1.00. The van der Waals surface area contributed by atoms with E-state index in [0.29, 0.717) is 6.61 Å². The molecule has 2 fully saturated rings. The van der Waals surface area contributed by atoms with Crippen molar-refractivity contribution in [2.24, 2.45) is 0 Å². The third-order valence-electron chi connectivity index (χ3n) is 2.65. The molecule has 0 aromatic carbocycles. The Labute approximate surface area is 95.2 Å². The van der Waals surface area contributed by atoms with Gasteiger partial charge in [-0.3, -0.25) is 9.05 Å². The first-order valence-corrected chi connectivity index (χ1v) is 6.85. The lowest BCUT2D eigenvalue weighted by atomic mass is 9.93. The molecule has 2 unspecified atom stereocenters. The molecule has 0 aliphatic carbocycles. The van der Waals surface area contributed by atoms with Gasteiger partial charge < -0.3 is 14.4 Å². The predicted octanol–water partition coefficient (Wildman–Crippen LogP) is -0.346. The first kappa shape index (κ1) is 12.5. The molecule has 0 spiro atoms. The van der Waals surface area contributed by atoms with E-state index in [0.717, 1.165) is 0 Å². The van der Waals surface area contributed by atoms with E-state index < -0.39 is 20.0 Å². The van der Waals surface area contributed by atoms with Gasteiger partial charge in [0.1, 0.15) is 26.2 Å². The first-order chi connectivity index (χ1) is 7.39. The van der Waals surface area contributed by atoms with E-state index in [4.69, 9.17) is 18.5 Å². The molecule has 0 saturated carbocycles. The molecule has 92 valence electrons. The van der Waals surface area contributed by atoms with E-state index in [1.807, 2.05) is 13.8 Å². The van der Waals surface area contributed by atoms with E-state index >= 15 is 0 Å². The number of phosphoric ester groups is 1. The number of fused-ring (bicyclic) bond motifs is 1. The molecule has 5 atom stereocenters. The maximum atomic E-state index is 11.3. The highest BCUT2D eigenvalue weighted by atomic mass is 31.2. The van der Waals surface area contributed by atoms with Crippen molar-refractivity contribution in [3.05, 3.63) is 0 Å². The highest BCUT2D eigenvalue weighted by Gasteiger charge is 2.55. The minimum absolute atomic E-state index is 0.0845. The van der Waals surface area contributed by atoms with Crippen LogP contribution < -0.4 is 0 Å². The molecule has 16 heavy (non-hydrogen) atoms. The van der Waals surface area contributed by atoms with Crippen LogP contribution >= 0.6 is 7.82 Å². The summed E-state index contributed by atoms with van der Waals surface area (Å²) < 4.78 is 32.2. The summed E-state index contributed by atoms with van der Waals surface area (Å²) in [5.41, 5.74) is 0. The molecule has 0 amide bonds. The molecule has 2 aliphatic rings. The molecule has 2 aliphatic heterocycles. The van der Waals surface area contributed by atoms with Crippen LogP contribution in [0.3, 0.4) is 0 Å². The fourth-order valence-electron chi connectivity index (χ4n) is 1.94. The number of rotatable bonds is 3. The van der Waals surface area contributed by atoms with Crippen molar-refractivity contribution in [3.8, 4) is 0 Å². The third kappa shape index (κ3) is 2.50. The second-order valence-corrected chi connectivity index (χ2v) is 5.73. The quantitative estimate of drug-likeness (QED) is 0.545. The molecular weight excluding hydrogens is 234 g/mol. The van der Waals surface area contributed by atoms with E-state index in [1.54, 1.807) is 7.85 Å². The Balaban J connectivity index is 1.99. The summed E-state index contributed by atoms with van der Waals surface area (Å²) in [6.07, 6.45) is -1.24. The molecule has 1 N–H and O–H groups in total. The molecular formula is C8H16BO6P. The number of hydrogen-bond acceptors (Lipinski definition) is 5. The van der Waals surface area contributed by atoms with Crippen LogP contribution in [0.25, 0.3) is 0 Å². The van der Waals surface area contributed by atoms with Crippen molar-refractivity contribution >= 4 is 15.7 Å². The van der Waals surface area contributed by atoms with E-state index in [1.165, 1.54) is 0 Å². The topological polar surface area (TPSA) is 74.2 Å². The van der Waals surface area contributed by atoms with Crippen LogP contribution in [0.5, 0.6) is 0 Å². The predicted molar refractivity (Wildman–Crippen MR) is 57.9 cm³/mol. The summed E-state index contributed by atoms with van der Waals surface area (Å²) in [6, 6.07) is -0.256. The van der Waals surface area contributed by atoms with E-state index in [-0.39, 0.29) is 18.2 Å². The second kappa shape index (κ2) is 4.40. The maximum Gasteiger partial charge on any atom is 0.473 e. The highest BCUT2D eigenvalue weighted by Crippen LogP contribution is 2.56. The molecule has 0 radical (unpaired) electrons. The van der Waals surface area contributed by atoms with Crippen LogP contribution in [-0.4, -0.2) is 49.8 Å². The molecule has 2 saturated heterocycles. The Kier molecular flexibility index (Phi) is 3.45. The molecule has 2 heterocycles. The Morgan fingerprint density at radius 3 is 2.69 bits per heavy atom. The van der Waals surface area contributed by atoms with Gasteiger partial charge in [0.15, 0.2) is 0 Å². The maximum absolute atomic E-state index is 11.3.